The lowest BCUT2D eigenvalue weighted by atomic mass is 9.63. The highest BCUT2D eigenvalue weighted by Gasteiger charge is 2.43. The molecule has 340 valence electrons. The molecule has 65 heavy (non-hydrogen) atoms. The molecular formula is C54H68N10O. The van der Waals surface area contributed by atoms with Crippen molar-refractivity contribution in [3.63, 3.8) is 0 Å². The van der Waals surface area contributed by atoms with Gasteiger partial charge in [0.05, 0.1) is 44.4 Å². The molecule has 1 N–H and O–H groups in total. The van der Waals surface area contributed by atoms with Crippen LogP contribution < -0.4 is 29.4 Å². The number of rotatable bonds is 8. The van der Waals surface area contributed by atoms with Crippen LogP contribution in [0.1, 0.15) is 83.3 Å². The summed E-state index contributed by atoms with van der Waals surface area (Å²) in [6.45, 7) is 22.4. The number of benzene rings is 5. The van der Waals surface area contributed by atoms with E-state index in [2.05, 4.69) is 178 Å². The lowest BCUT2D eigenvalue weighted by Gasteiger charge is -2.48. The second-order valence-electron chi connectivity index (χ2n) is 19.9. The topological polar surface area (TPSA) is 52.6 Å². The summed E-state index contributed by atoms with van der Waals surface area (Å²) in [7, 11) is 8.92. The van der Waals surface area contributed by atoms with Crippen LogP contribution in [0.15, 0.2) is 78.9 Å². The standard InChI is InChI=1S/C54H68N10O/c1-9-59-32-55(5)26-37-21-42(13-17-47(37)59)54(43-14-18-48-38(22-43)27-56(6)33-60(48)10-2,44-15-19-49-39(23-44)28-57(7)34-61(49)11-3)45-16-20-50-40(24-45)30-64-36-63(50)31-46-52-41(25-51(65)53(46)64)29-58(8)35-62(52)12-4/h13-25,65H,9-12,26-36H2,1-8H3. The van der Waals surface area contributed by atoms with Crippen molar-refractivity contribution in [3.8, 4) is 5.75 Å². The Hall–Kier alpha value is -5.46. The highest BCUT2D eigenvalue weighted by molar-refractivity contribution is 5.82. The predicted molar refractivity (Wildman–Crippen MR) is 268 cm³/mol. The fraction of sp³-hybridized carbons (Fsp3) is 0.444. The zero-order valence-electron chi connectivity index (χ0n) is 40.0. The lowest BCUT2D eigenvalue weighted by molar-refractivity contribution is 0.309. The number of nitrogens with zero attached hydrogens (tertiary/aromatic N) is 10. The smallest absolute Gasteiger partial charge is 0.139 e. The van der Waals surface area contributed by atoms with Gasteiger partial charge < -0.3 is 34.5 Å². The summed E-state index contributed by atoms with van der Waals surface area (Å²) < 4.78 is 0. The molecule has 5 aromatic rings. The van der Waals surface area contributed by atoms with E-state index in [1.807, 2.05) is 6.07 Å². The first-order valence-electron chi connectivity index (χ1n) is 24.2. The normalized spacial score (nSPS) is 18.9. The second kappa shape index (κ2) is 16.2. The monoisotopic (exact) mass is 873 g/mol. The number of aromatic hydroxyl groups is 1. The molecule has 0 unspecified atom stereocenters. The Bertz CT molecular complexity index is 2500. The summed E-state index contributed by atoms with van der Waals surface area (Å²) in [4.78, 5) is 24.7. The van der Waals surface area contributed by atoms with Crippen LogP contribution in [0, 0.1) is 0 Å². The SMILES string of the molecule is CCN1CN(C)Cc2cc(C(c3ccc4c(c3)CN(C)CN4CC)(c3ccc4c(c3)CN(C)CN4CC)c3ccc4c(c3)CN3CN4Cc4c3c(O)cc3c4N(CC)CN(C)C3)ccc21. The van der Waals surface area contributed by atoms with Gasteiger partial charge in [0.2, 0.25) is 0 Å². The van der Waals surface area contributed by atoms with Gasteiger partial charge in [-0.1, -0.05) is 48.5 Å². The summed E-state index contributed by atoms with van der Waals surface area (Å²) in [5.74, 6) is 0.402. The maximum atomic E-state index is 11.9. The van der Waals surface area contributed by atoms with E-state index in [4.69, 9.17) is 0 Å². The predicted octanol–water partition coefficient (Wildman–Crippen LogP) is 7.99. The molecule has 0 aliphatic carbocycles. The van der Waals surface area contributed by atoms with Crippen molar-refractivity contribution in [1.82, 2.24) is 19.6 Å². The minimum absolute atomic E-state index is 0.402. The third-order valence-corrected chi connectivity index (χ3v) is 15.5. The molecule has 0 radical (unpaired) electrons. The Labute approximate surface area is 387 Å². The van der Waals surface area contributed by atoms with Crippen LogP contribution in [0.25, 0.3) is 0 Å². The molecule has 0 atom stereocenters. The van der Waals surface area contributed by atoms with Crippen LogP contribution in [0.5, 0.6) is 5.75 Å². The van der Waals surface area contributed by atoms with E-state index in [-0.39, 0.29) is 0 Å². The minimum Gasteiger partial charge on any atom is -0.506 e. The van der Waals surface area contributed by atoms with Gasteiger partial charge in [-0.3, -0.25) is 19.6 Å². The van der Waals surface area contributed by atoms with Gasteiger partial charge in [-0.2, -0.15) is 0 Å². The second-order valence-corrected chi connectivity index (χ2v) is 19.9. The lowest BCUT2D eigenvalue weighted by Crippen LogP contribution is -2.48. The Kier molecular flexibility index (Phi) is 10.5. The zero-order valence-corrected chi connectivity index (χ0v) is 40.0. The van der Waals surface area contributed by atoms with Crippen LogP contribution in [0.4, 0.5) is 34.1 Å². The molecule has 0 saturated carbocycles. The quantitative estimate of drug-likeness (QED) is 0.155. The molecule has 0 fully saturated rings. The van der Waals surface area contributed by atoms with Crippen molar-refractivity contribution in [2.24, 2.45) is 0 Å². The van der Waals surface area contributed by atoms with E-state index >= 15 is 0 Å². The van der Waals surface area contributed by atoms with Gasteiger partial charge in [-0.25, -0.2) is 0 Å². The maximum Gasteiger partial charge on any atom is 0.139 e. The molecule has 6 aliphatic heterocycles. The third kappa shape index (κ3) is 6.75. The van der Waals surface area contributed by atoms with Crippen LogP contribution in [0.2, 0.25) is 0 Å². The third-order valence-electron chi connectivity index (χ3n) is 15.5. The molecule has 6 aliphatic rings. The number of hydrogen-bond acceptors (Lipinski definition) is 11. The summed E-state index contributed by atoms with van der Waals surface area (Å²) >= 11 is 0. The first-order chi connectivity index (χ1) is 31.5. The molecule has 11 rings (SSSR count). The van der Waals surface area contributed by atoms with Crippen LogP contribution >= 0.6 is 0 Å². The molecule has 0 aromatic heterocycles. The summed E-state index contributed by atoms with van der Waals surface area (Å²) in [6, 6.07) is 31.8. The highest BCUT2D eigenvalue weighted by atomic mass is 16.3. The molecule has 11 heteroatoms. The highest BCUT2D eigenvalue weighted by Crippen LogP contribution is 2.53. The Balaban J connectivity index is 1.15. The van der Waals surface area contributed by atoms with Gasteiger partial charge in [0.1, 0.15) is 5.75 Å². The van der Waals surface area contributed by atoms with Gasteiger partial charge in [0, 0.05) is 99.4 Å². The maximum absolute atomic E-state index is 11.9. The average Bonchev–Trinajstić information content (AvgIpc) is 3.29. The van der Waals surface area contributed by atoms with E-state index in [1.54, 1.807) is 0 Å². The summed E-state index contributed by atoms with van der Waals surface area (Å²) in [5.41, 5.74) is 20.0. The van der Waals surface area contributed by atoms with Gasteiger partial charge in [0.25, 0.3) is 0 Å². The molecule has 0 saturated heterocycles. The van der Waals surface area contributed by atoms with Crippen molar-refractivity contribution in [2.45, 2.75) is 72.4 Å². The van der Waals surface area contributed by atoms with E-state index in [0.29, 0.717) is 5.75 Å². The number of phenolic OH excluding ortho intramolecular Hbond substituents is 1. The molecule has 6 heterocycles. The molecular weight excluding hydrogens is 805 g/mol. The van der Waals surface area contributed by atoms with Crippen molar-refractivity contribution in [2.75, 3.05) is 117 Å². The number of phenols is 1. The molecule has 11 nitrogen and oxygen atoms in total. The number of fused-ring (bicyclic) bond motifs is 11. The molecule has 0 spiro atoms. The van der Waals surface area contributed by atoms with Crippen LogP contribution in [-0.2, 0) is 44.7 Å². The van der Waals surface area contributed by atoms with Crippen molar-refractivity contribution >= 4 is 34.1 Å². The summed E-state index contributed by atoms with van der Waals surface area (Å²) in [5, 5.41) is 11.9. The van der Waals surface area contributed by atoms with Gasteiger partial charge in [0.15, 0.2) is 0 Å². The molecule has 2 bridgehead atoms. The van der Waals surface area contributed by atoms with Crippen LogP contribution in [-0.4, -0.2) is 112 Å². The van der Waals surface area contributed by atoms with E-state index < -0.39 is 5.41 Å². The van der Waals surface area contributed by atoms with Gasteiger partial charge in [-0.15, -0.1) is 0 Å². The van der Waals surface area contributed by atoms with Crippen LogP contribution in [0.3, 0.4) is 0 Å². The summed E-state index contributed by atoms with van der Waals surface area (Å²) in [6.07, 6.45) is 0. The Morgan fingerprint density at radius 1 is 0.400 bits per heavy atom. The van der Waals surface area contributed by atoms with E-state index in [9.17, 15) is 5.11 Å². The Morgan fingerprint density at radius 2 is 0.785 bits per heavy atom. The molecule has 0 amide bonds. The van der Waals surface area contributed by atoms with Crippen molar-refractivity contribution in [1.29, 1.82) is 0 Å². The van der Waals surface area contributed by atoms with Crippen molar-refractivity contribution in [3.05, 3.63) is 134 Å². The van der Waals surface area contributed by atoms with Crippen molar-refractivity contribution < 1.29 is 5.11 Å². The average molecular weight is 873 g/mol. The number of anilines is 6. The fourth-order valence-electron chi connectivity index (χ4n) is 12.7. The van der Waals surface area contributed by atoms with Gasteiger partial charge >= 0.3 is 0 Å². The first-order valence-corrected chi connectivity index (χ1v) is 24.2. The van der Waals surface area contributed by atoms with E-state index in [1.165, 1.54) is 84.1 Å². The fourth-order valence-corrected chi connectivity index (χ4v) is 12.7. The zero-order chi connectivity index (χ0) is 44.9. The first kappa shape index (κ1) is 42.2. The number of hydrogen-bond donors (Lipinski definition) is 1. The minimum atomic E-state index is -0.648. The Morgan fingerprint density at radius 3 is 1.22 bits per heavy atom. The van der Waals surface area contributed by atoms with E-state index in [0.717, 1.165) is 104 Å². The largest absolute Gasteiger partial charge is 0.506 e. The van der Waals surface area contributed by atoms with Gasteiger partial charge in [-0.05, 0) is 136 Å². The molecule has 5 aromatic carbocycles.